The van der Waals surface area contributed by atoms with Gasteiger partial charge in [-0.1, -0.05) is 49.0 Å². The van der Waals surface area contributed by atoms with Crippen molar-refractivity contribution in [1.82, 2.24) is 0 Å². The van der Waals surface area contributed by atoms with Gasteiger partial charge in [0, 0.05) is 19.4 Å². The van der Waals surface area contributed by atoms with Gasteiger partial charge in [-0.25, -0.2) is 0 Å². The Labute approximate surface area is 129 Å². The Morgan fingerprint density at radius 3 is 1.38 bits per heavy atom. The van der Waals surface area contributed by atoms with Gasteiger partial charge in [-0.2, -0.15) is 18.4 Å². The second-order valence-corrected chi connectivity index (χ2v) is 5.88. The highest BCUT2D eigenvalue weighted by Crippen LogP contribution is 2.23. The summed E-state index contributed by atoms with van der Waals surface area (Å²) in [7, 11) is 0. The fourth-order valence-electron chi connectivity index (χ4n) is 0.816. The molecule has 0 radical (unpaired) electrons. The van der Waals surface area contributed by atoms with E-state index in [-0.39, 0.29) is 13.3 Å². The van der Waals surface area contributed by atoms with Crippen LogP contribution in [0.3, 0.4) is 0 Å². The third kappa shape index (κ3) is 54.5. The van der Waals surface area contributed by atoms with Crippen LogP contribution in [0.4, 0.5) is 13.2 Å². The Morgan fingerprint density at radius 1 is 0.952 bits per heavy atom. The number of alkyl halides is 3. The molecule has 0 atom stereocenters. The number of hydrogen-bond donors (Lipinski definition) is 1. The minimum atomic E-state index is -3.98. The van der Waals surface area contributed by atoms with Gasteiger partial charge in [-0.15, -0.1) is 0 Å². The first-order chi connectivity index (χ1) is 8.96. The van der Waals surface area contributed by atoms with Gasteiger partial charge in [0.05, 0.1) is 6.07 Å². The summed E-state index contributed by atoms with van der Waals surface area (Å²) < 4.78 is 33.9. The minimum Gasteiger partial charge on any atom is -0.396 e. The summed E-state index contributed by atoms with van der Waals surface area (Å²) in [4.78, 5) is 0. The predicted molar refractivity (Wildman–Crippen MR) is 83.8 cm³/mol. The summed E-state index contributed by atoms with van der Waals surface area (Å²) in [5.41, 5.74) is 0. The van der Waals surface area contributed by atoms with Crippen molar-refractivity contribution in [2.24, 2.45) is 17.8 Å². The average Bonchev–Trinajstić information content (AvgIpc) is 2.24. The zero-order chi connectivity index (χ0) is 16.8. The van der Waals surface area contributed by atoms with Crippen LogP contribution in [-0.4, -0.2) is 17.9 Å². The van der Waals surface area contributed by atoms with Crippen molar-refractivity contribution in [3.05, 3.63) is 0 Å². The van der Waals surface area contributed by atoms with E-state index in [9.17, 15) is 13.2 Å². The molecule has 0 aromatic carbocycles. The van der Waals surface area contributed by atoms with Crippen molar-refractivity contribution >= 4 is 0 Å². The van der Waals surface area contributed by atoms with Gasteiger partial charge in [0.25, 0.3) is 0 Å². The predicted octanol–water partition coefficient (Wildman–Crippen LogP) is 5.81. The summed E-state index contributed by atoms with van der Waals surface area (Å²) >= 11 is 0. The van der Waals surface area contributed by atoms with E-state index in [0.717, 1.165) is 6.42 Å². The highest BCUT2D eigenvalue weighted by atomic mass is 19.4. The van der Waals surface area contributed by atoms with Crippen molar-refractivity contribution in [2.75, 3.05) is 6.61 Å². The lowest BCUT2D eigenvalue weighted by Crippen LogP contribution is -2.10. The highest BCUT2D eigenvalue weighted by Gasteiger charge is 2.27. The third-order valence-electron chi connectivity index (χ3n) is 1.84. The quantitative estimate of drug-likeness (QED) is 0.711. The molecular weight excluding hydrogens is 279 g/mol. The molecule has 0 saturated carbocycles. The van der Waals surface area contributed by atoms with E-state index in [4.69, 9.17) is 10.4 Å². The van der Waals surface area contributed by atoms with Crippen LogP contribution >= 0.6 is 0 Å². The summed E-state index contributed by atoms with van der Waals surface area (Å²) in [6.07, 6.45) is -2.91. The van der Waals surface area contributed by atoms with Gasteiger partial charge in [-0.05, 0) is 24.2 Å². The van der Waals surface area contributed by atoms with Crippen LogP contribution in [0, 0.1) is 29.1 Å². The Bertz CT molecular complexity index is 231. The highest BCUT2D eigenvalue weighted by molar-refractivity contribution is 4.68. The lowest BCUT2D eigenvalue weighted by molar-refractivity contribution is -0.141. The smallest absolute Gasteiger partial charge is 0.389 e. The average molecular weight is 313 g/mol. The van der Waals surface area contributed by atoms with Crippen molar-refractivity contribution in [3.63, 3.8) is 0 Å². The molecule has 0 aliphatic heterocycles. The number of halogens is 3. The standard InChI is InChI=1S/C6H11N.C5H9F3.C4H10O.CH4/c1-6(2)4-3-5-7;1-4(2)3-5(6,7)8;1-4(2)3-5;/h6H,3-4H2,1-2H3;4H,3H2,1-2H3;4-5H,3H2,1-2H3;1H4. The van der Waals surface area contributed by atoms with Gasteiger partial charge in [0.2, 0.25) is 0 Å². The first kappa shape index (κ1) is 28.4. The summed E-state index contributed by atoms with van der Waals surface area (Å²) in [5, 5.41) is 16.2. The molecule has 0 fully saturated rings. The maximum atomic E-state index is 11.3. The van der Waals surface area contributed by atoms with Crippen LogP contribution in [-0.2, 0) is 0 Å². The molecule has 0 bridgehead atoms. The fourth-order valence-corrected chi connectivity index (χ4v) is 0.816. The Hall–Kier alpha value is -0.760. The van der Waals surface area contributed by atoms with Crippen LogP contribution in [0.15, 0.2) is 0 Å². The molecular formula is C16H34F3NO. The molecule has 0 rings (SSSR count). The molecule has 5 heteroatoms. The van der Waals surface area contributed by atoms with E-state index >= 15 is 0 Å². The van der Waals surface area contributed by atoms with Gasteiger partial charge >= 0.3 is 6.18 Å². The second kappa shape index (κ2) is 17.3. The summed E-state index contributed by atoms with van der Waals surface area (Å²) in [5.74, 6) is 0.838. The van der Waals surface area contributed by atoms with E-state index in [1.807, 2.05) is 13.8 Å². The number of aliphatic hydroxyl groups excluding tert-OH is 1. The van der Waals surface area contributed by atoms with Crippen molar-refractivity contribution in [1.29, 1.82) is 5.26 Å². The molecule has 0 aromatic heterocycles. The maximum absolute atomic E-state index is 11.3. The lowest BCUT2D eigenvalue weighted by atomic mass is 10.1. The van der Waals surface area contributed by atoms with E-state index < -0.39 is 12.6 Å². The van der Waals surface area contributed by atoms with E-state index in [2.05, 4.69) is 19.9 Å². The molecule has 0 aliphatic carbocycles. The Kier molecular flexibility index (Phi) is 23.4. The largest absolute Gasteiger partial charge is 0.396 e. The van der Waals surface area contributed by atoms with E-state index in [0.29, 0.717) is 24.9 Å². The number of aliphatic hydroxyl groups is 1. The molecule has 0 heterocycles. The van der Waals surface area contributed by atoms with Crippen LogP contribution in [0.1, 0.15) is 68.2 Å². The van der Waals surface area contributed by atoms with Crippen molar-refractivity contribution in [2.45, 2.75) is 74.4 Å². The summed E-state index contributed by atoms with van der Waals surface area (Å²) in [6, 6.07) is 2.10. The molecule has 21 heavy (non-hydrogen) atoms. The second-order valence-electron chi connectivity index (χ2n) is 5.88. The van der Waals surface area contributed by atoms with Crippen LogP contribution in [0.25, 0.3) is 0 Å². The van der Waals surface area contributed by atoms with Crippen LogP contribution < -0.4 is 0 Å². The van der Waals surface area contributed by atoms with Crippen LogP contribution in [0.2, 0.25) is 0 Å². The molecule has 0 aromatic rings. The SMILES string of the molecule is C.CC(C)CC(F)(F)F.CC(C)CCC#N.CC(C)CO. The van der Waals surface area contributed by atoms with Gasteiger partial charge in [0.15, 0.2) is 0 Å². The van der Waals surface area contributed by atoms with Crippen molar-refractivity contribution in [3.8, 4) is 6.07 Å². The normalized spacial score (nSPS) is 10.1. The minimum absolute atomic E-state index is 0. The topological polar surface area (TPSA) is 44.0 Å². The molecule has 130 valence electrons. The van der Waals surface area contributed by atoms with E-state index in [1.165, 1.54) is 0 Å². The fraction of sp³-hybridized carbons (Fsp3) is 0.938. The number of nitrogens with zero attached hydrogens (tertiary/aromatic N) is 1. The van der Waals surface area contributed by atoms with E-state index in [1.54, 1.807) is 13.8 Å². The monoisotopic (exact) mass is 313 g/mol. The maximum Gasteiger partial charge on any atom is 0.389 e. The van der Waals surface area contributed by atoms with Gasteiger partial charge in [-0.3, -0.25) is 0 Å². The van der Waals surface area contributed by atoms with Gasteiger partial charge < -0.3 is 5.11 Å². The third-order valence-corrected chi connectivity index (χ3v) is 1.84. The molecule has 0 spiro atoms. The van der Waals surface area contributed by atoms with Crippen molar-refractivity contribution < 1.29 is 18.3 Å². The molecule has 1 N–H and O–H groups in total. The van der Waals surface area contributed by atoms with Crippen LogP contribution in [0.5, 0.6) is 0 Å². The lowest BCUT2D eigenvalue weighted by Gasteiger charge is -2.07. The Balaban J connectivity index is -0.000000103. The Morgan fingerprint density at radius 2 is 1.33 bits per heavy atom. The molecule has 2 nitrogen and oxygen atoms in total. The first-order valence-electron chi connectivity index (χ1n) is 7.00. The number of rotatable bonds is 4. The first-order valence-corrected chi connectivity index (χ1v) is 7.00. The van der Waals surface area contributed by atoms with Gasteiger partial charge in [0.1, 0.15) is 0 Å². The number of hydrogen-bond acceptors (Lipinski definition) is 2. The zero-order valence-corrected chi connectivity index (χ0v) is 13.6. The molecule has 0 saturated heterocycles. The number of nitriles is 1. The zero-order valence-electron chi connectivity index (χ0n) is 13.6. The molecule has 0 amide bonds. The molecule has 0 unspecified atom stereocenters. The summed E-state index contributed by atoms with van der Waals surface area (Å²) in [6.45, 7) is 11.6. The molecule has 0 aliphatic rings.